The fourth-order valence-corrected chi connectivity index (χ4v) is 2.14. The molecule has 16 heavy (non-hydrogen) atoms. The van der Waals surface area contributed by atoms with Gasteiger partial charge in [0, 0.05) is 12.6 Å². The molecule has 0 aromatic carbocycles. The largest absolute Gasteiger partial charge is 0.352 e. The van der Waals surface area contributed by atoms with E-state index in [1.807, 2.05) is 0 Å². The van der Waals surface area contributed by atoms with E-state index in [2.05, 4.69) is 30.8 Å². The lowest BCUT2D eigenvalue weighted by Crippen LogP contribution is -2.52. The highest BCUT2D eigenvalue weighted by atomic mass is 16.2. The Labute approximate surface area is 97.9 Å². The summed E-state index contributed by atoms with van der Waals surface area (Å²) in [5, 5.41) is 3.04. The van der Waals surface area contributed by atoms with E-state index in [1.54, 1.807) is 6.08 Å². The standard InChI is InChI=1S/C12H23N3O/c1-4-5-10(13)12(16)14-11-6-7-15(3)8-9(11)2/h4,9-11H,1,5-8,13H2,2-3H3,(H,14,16). The Hall–Kier alpha value is -0.870. The average molecular weight is 225 g/mol. The fourth-order valence-electron chi connectivity index (χ4n) is 2.14. The van der Waals surface area contributed by atoms with Crippen LogP contribution in [0.1, 0.15) is 19.8 Å². The number of amides is 1. The molecule has 0 spiro atoms. The van der Waals surface area contributed by atoms with Crippen molar-refractivity contribution in [3.05, 3.63) is 12.7 Å². The first-order chi connectivity index (χ1) is 7.54. The number of carbonyl (C=O) groups is 1. The van der Waals surface area contributed by atoms with Gasteiger partial charge in [0.1, 0.15) is 0 Å². The molecule has 1 saturated heterocycles. The first-order valence-corrected chi connectivity index (χ1v) is 5.90. The summed E-state index contributed by atoms with van der Waals surface area (Å²) in [6.07, 6.45) is 3.22. The maximum Gasteiger partial charge on any atom is 0.237 e. The highest BCUT2D eigenvalue weighted by Crippen LogP contribution is 2.15. The number of nitrogens with two attached hydrogens (primary N) is 1. The lowest BCUT2D eigenvalue weighted by Gasteiger charge is -2.35. The van der Waals surface area contributed by atoms with Crippen LogP contribution in [-0.4, -0.2) is 43.0 Å². The van der Waals surface area contributed by atoms with Crippen molar-refractivity contribution < 1.29 is 4.79 Å². The molecule has 4 heteroatoms. The average Bonchev–Trinajstić information content (AvgIpc) is 2.22. The van der Waals surface area contributed by atoms with E-state index in [9.17, 15) is 4.79 Å². The molecule has 0 saturated carbocycles. The predicted molar refractivity (Wildman–Crippen MR) is 66.0 cm³/mol. The van der Waals surface area contributed by atoms with Gasteiger partial charge in [-0.25, -0.2) is 0 Å². The molecule has 1 aliphatic heterocycles. The van der Waals surface area contributed by atoms with Gasteiger partial charge in [-0.15, -0.1) is 6.58 Å². The molecule has 0 aliphatic carbocycles. The maximum atomic E-state index is 11.7. The molecular weight excluding hydrogens is 202 g/mol. The topological polar surface area (TPSA) is 58.4 Å². The summed E-state index contributed by atoms with van der Waals surface area (Å²) in [5.41, 5.74) is 5.72. The van der Waals surface area contributed by atoms with Gasteiger partial charge in [-0.2, -0.15) is 0 Å². The van der Waals surface area contributed by atoms with E-state index in [0.717, 1.165) is 19.5 Å². The highest BCUT2D eigenvalue weighted by molar-refractivity contribution is 5.81. The van der Waals surface area contributed by atoms with E-state index < -0.39 is 6.04 Å². The van der Waals surface area contributed by atoms with Crippen molar-refractivity contribution in [2.75, 3.05) is 20.1 Å². The van der Waals surface area contributed by atoms with Crippen LogP contribution in [0, 0.1) is 5.92 Å². The summed E-state index contributed by atoms with van der Waals surface area (Å²) in [6, 6.07) is -0.191. The van der Waals surface area contributed by atoms with Crippen LogP contribution in [-0.2, 0) is 4.79 Å². The molecule has 1 amide bonds. The first kappa shape index (κ1) is 13.2. The molecule has 0 bridgehead atoms. The Kier molecular flexibility index (Phi) is 4.96. The summed E-state index contributed by atoms with van der Waals surface area (Å²) in [4.78, 5) is 14.0. The molecule has 92 valence electrons. The number of piperidine rings is 1. The SMILES string of the molecule is C=CCC(N)C(=O)NC1CCN(C)CC1C. The normalized spacial score (nSPS) is 28.4. The van der Waals surface area contributed by atoms with Gasteiger partial charge in [0.05, 0.1) is 6.04 Å². The van der Waals surface area contributed by atoms with Crippen molar-refractivity contribution in [3.8, 4) is 0 Å². The number of nitrogens with one attached hydrogen (secondary N) is 1. The molecule has 3 unspecified atom stereocenters. The Morgan fingerprint density at radius 2 is 2.44 bits per heavy atom. The summed E-state index contributed by atoms with van der Waals surface area (Å²) >= 11 is 0. The Morgan fingerprint density at radius 1 is 1.75 bits per heavy atom. The summed E-state index contributed by atoms with van der Waals surface area (Å²) in [6.45, 7) is 7.82. The quantitative estimate of drug-likeness (QED) is 0.679. The van der Waals surface area contributed by atoms with Crippen LogP contribution in [0.5, 0.6) is 0 Å². The van der Waals surface area contributed by atoms with Crippen molar-refractivity contribution in [1.82, 2.24) is 10.2 Å². The minimum Gasteiger partial charge on any atom is -0.352 e. The van der Waals surface area contributed by atoms with Crippen LogP contribution in [0.3, 0.4) is 0 Å². The maximum absolute atomic E-state index is 11.7. The zero-order chi connectivity index (χ0) is 12.1. The lowest BCUT2D eigenvalue weighted by atomic mass is 9.94. The van der Waals surface area contributed by atoms with Crippen molar-refractivity contribution in [3.63, 3.8) is 0 Å². The molecule has 1 fully saturated rings. The summed E-state index contributed by atoms with van der Waals surface area (Å²) in [5.74, 6) is 0.430. The zero-order valence-electron chi connectivity index (χ0n) is 10.3. The molecule has 3 N–H and O–H groups in total. The summed E-state index contributed by atoms with van der Waals surface area (Å²) in [7, 11) is 2.11. The number of hydrogen-bond acceptors (Lipinski definition) is 3. The van der Waals surface area contributed by atoms with Gasteiger partial charge in [0.25, 0.3) is 0 Å². The van der Waals surface area contributed by atoms with Gasteiger partial charge in [-0.1, -0.05) is 13.0 Å². The van der Waals surface area contributed by atoms with Gasteiger partial charge in [-0.05, 0) is 32.4 Å². The second kappa shape index (κ2) is 6.01. The Bertz CT molecular complexity index is 255. The van der Waals surface area contributed by atoms with Crippen LogP contribution < -0.4 is 11.1 Å². The molecule has 1 aliphatic rings. The van der Waals surface area contributed by atoms with Crippen LogP contribution in [0.4, 0.5) is 0 Å². The molecule has 1 heterocycles. The van der Waals surface area contributed by atoms with Crippen molar-refractivity contribution in [2.45, 2.75) is 31.8 Å². The van der Waals surface area contributed by atoms with E-state index >= 15 is 0 Å². The number of carbonyl (C=O) groups excluding carboxylic acids is 1. The van der Waals surface area contributed by atoms with Crippen molar-refractivity contribution >= 4 is 5.91 Å². The Morgan fingerprint density at radius 3 is 3.00 bits per heavy atom. The molecule has 0 aromatic heterocycles. The number of likely N-dealkylation sites (tertiary alicyclic amines) is 1. The minimum absolute atomic E-state index is 0.0543. The Balaban J connectivity index is 2.41. The van der Waals surface area contributed by atoms with Gasteiger partial charge < -0.3 is 16.0 Å². The molecule has 1 rings (SSSR count). The van der Waals surface area contributed by atoms with Crippen molar-refractivity contribution in [1.29, 1.82) is 0 Å². The lowest BCUT2D eigenvalue weighted by molar-refractivity contribution is -0.123. The fraction of sp³-hybridized carbons (Fsp3) is 0.750. The third-order valence-electron chi connectivity index (χ3n) is 3.19. The second-order valence-electron chi connectivity index (χ2n) is 4.77. The number of hydrogen-bond donors (Lipinski definition) is 2. The molecule has 4 nitrogen and oxygen atoms in total. The third-order valence-corrected chi connectivity index (χ3v) is 3.19. The zero-order valence-corrected chi connectivity index (χ0v) is 10.3. The third kappa shape index (κ3) is 3.61. The predicted octanol–water partition coefficient (Wildman–Crippen LogP) is 0.346. The van der Waals surface area contributed by atoms with Crippen LogP contribution in [0.15, 0.2) is 12.7 Å². The first-order valence-electron chi connectivity index (χ1n) is 5.90. The van der Waals surface area contributed by atoms with Gasteiger partial charge in [0.15, 0.2) is 0 Å². The van der Waals surface area contributed by atoms with E-state index in [1.165, 1.54) is 0 Å². The van der Waals surface area contributed by atoms with Crippen molar-refractivity contribution in [2.24, 2.45) is 11.7 Å². The van der Waals surface area contributed by atoms with E-state index in [-0.39, 0.29) is 11.9 Å². The molecule has 0 radical (unpaired) electrons. The summed E-state index contributed by atoms with van der Waals surface area (Å²) < 4.78 is 0. The molecule has 0 aromatic rings. The van der Waals surface area contributed by atoms with Gasteiger partial charge in [0.2, 0.25) is 5.91 Å². The monoisotopic (exact) mass is 225 g/mol. The molecule has 3 atom stereocenters. The van der Waals surface area contributed by atoms with E-state index in [4.69, 9.17) is 5.73 Å². The van der Waals surface area contributed by atoms with E-state index in [0.29, 0.717) is 12.3 Å². The van der Waals surface area contributed by atoms with Crippen LogP contribution in [0.2, 0.25) is 0 Å². The molecular formula is C12H23N3O. The second-order valence-corrected chi connectivity index (χ2v) is 4.77. The minimum atomic E-state index is -0.454. The number of rotatable bonds is 4. The highest BCUT2D eigenvalue weighted by Gasteiger charge is 2.26. The van der Waals surface area contributed by atoms with Gasteiger partial charge >= 0.3 is 0 Å². The van der Waals surface area contributed by atoms with Crippen LogP contribution in [0.25, 0.3) is 0 Å². The van der Waals surface area contributed by atoms with Gasteiger partial charge in [-0.3, -0.25) is 4.79 Å². The number of nitrogens with zero attached hydrogens (tertiary/aromatic N) is 1. The smallest absolute Gasteiger partial charge is 0.237 e. The van der Waals surface area contributed by atoms with Crippen LogP contribution >= 0.6 is 0 Å².